The predicted molar refractivity (Wildman–Crippen MR) is 135 cm³/mol. The van der Waals surface area contributed by atoms with Crippen LogP contribution in [0.2, 0.25) is 0 Å². The molecule has 2 heterocycles. The summed E-state index contributed by atoms with van der Waals surface area (Å²) in [6.07, 6.45) is 9.77. The molecule has 0 unspecified atom stereocenters. The smallest absolute Gasteiger partial charge is 0.101 e. The van der Waals surface area contributed by atoms with Gasteiger partial charge in [-0.05, 0) is 59.9 Å². The van der Waals surface area contributed by atoms with Gasteiger partial charge in [-0.3, -0.25) is 4.98 Å². The topological polar surface area (TPSA) is 41.6 Å². The number of rotatable bonds is 3. The zero-order valence-electron chi connectivity index (χ0n) is 18.1. The first-order chi connectivity index (χ1) is 16.3. The van der Waals surface area contributed by atoms with Crippen LogP contribution >= 0.6 is 0 Å². The molecular formula is C30H21N3. The lowest BCUT2D eigenvalue weighted by Crippen LogP contribution is -1.98. The maximum Gasteiger partial charge on any atom is 0.101 e. The average Bonchev–Trinajstić information content (AvgIpc) is 3.23. The van der Waals surface area contributed by atoms with Crippen molar-refractivity contribution in [3.8, 4) is 11.8 Å². The van der Waals surface area contributed by atoms with Gasteiger partial charge >= 0.3 is 0 Å². The Morgan fingerprint density at radius 3 is 2.36 bits per heavy atom. The van der Waals surface area contributed by atoms with Gasteiger partial charge in [0.1, 0.15) is 6.07 Å². The van der Waals surface area contributed by atoms with Crippen LogP contribution < -0.4 is 0 Å². The highest BCUT2D eigenvalue weighted by Crippen LogP contribution is 2.35. The molecule has 0 amide bonds. The molecule has 0 aliphatic heterocycles. The van der Waals surface area contributed by atoms with Crippen LogP contribution in [0.5, 0.6) is 0 Å². The van der Waals surface area contributed by atoms with E-state index in [2.05, 4.69) is 101 Å². The third-order valence-corrected chi connectivity index (χ3v) is 6.42. The van der Waals surface area contributed by atoms with Crippen LogP contribution in [0.25, 0.3) is 38.6 Å². The Bertz CT molecular complexity index is 1570. The molecule has 3 nitrogen and oxygen atoms in total. The molecular weight excluding hydrogens is 402 g/mol. The van der Waals surface area contributed by atoms with E-state index in [0.29, 0.717) is 5.56 Å². The molecule has 2 aromatic heterocycles. The molecule has 0 fully saturated rings. The summed E-state index contributed by atoms with van der Waals surface area (Å²) in [5.41, 5.74) is 8.74. The fraction of sp³-hybridized carbons (Fsp3) is 0.0667. The molecule has 6 rings (SSSR count). The van der Waals surface area contributed by atoms with E-state index < -0.39 is 0 Å². The zero-order chi connectivity index (χ0) is 22.2. The van der Waals surface area contributed by atoms with Crippen molar-refractivity contribution >= 4 is 33.0 Å². The van der Waals surface area contributed by atoms with E-state index in [1.807, 2.05) is 6.07 Å². The molecule has 0 atom stereocenters. The Labute approximate surface area is 192 Å². The summed E-state index contributed by atoms with van der Waals surface area (Å²) in [4.78, 5) is 4.10. The van der Waals surface area contributed by atoms with Crippen molar-refractivity contribution < 1.29 is 0 Å². The number of hydrogen-bond acceptors (Lipinski definition) is 2. The highest BCUT2D eigenvalue weighted by atomic mass is 15.0. The van der Waals surface area contributed by atoms with E-state index in [-0.39, 0.29) is 0 Å². The van der Waals surface area contributed by atoms with Gasteiger partial charge < -0.3 is 4.57 Å². The molecule has 0 saturated carbocycles. The van der Waals surface area contributed by atoms with Crippen LogP contribution in [-0.4, -0.2) is 9.55 Å². The van der Waals surface area contributed by atoms with E-state index in [4.69, 9.17) is 0 Å². The fourth-order valence-corrected chi connectivity index (χ4v) is 4.90. The second-order valence-electron chi connectivity index (χ2n) is 8.32. The number of pyridine rings is 1. The van der Waals surface area contributed by atoms with Crippen LogP contribution in [0.1, 0.15) is 29.5 Å². The van der Waals surface area contributed by atoms with Crippen molar-refractivity contribution in [3.05, 3.63) is 120 Å². The number of aromatic nitrogens is 2. The Hall–Kier alpha value is -4.42. The predicted octanol–water partition coefficient (Wildman–Crippen LogP) is 7.31. The summed E-state index contributed by atoms with van der Waals surface area (Å²) in [7, 11) is 0. The van der Waals surface area contributed by atoms with Gasteiger partial charge in [0.25, 0.3) is 0 Å². The lowest BCUT2D eigenvalue weighted by Gasteiger charge is -2.17. The molecule has 0 bridgehead atoms. The van der Waals surface area contributed by atoms with Crippen LogP contribution in [0.4, 0.5) is 0 Å². The second kappa shape index (κ2) is 7.93. The minimum absolute atomic E-state index is 0.611. The van der Waals surface area contributed by atoms with Gasteiger partial charge in [-0.1, -0.05) is 60.7 Å². The number of hydrogen-bond donors (Lipinski definition) is 0. The molecule has 0 radical (unpaired) electrons. The molecule has 5 aromatic rings. The number of fused-ring (bicyclic) bond motifs is 3. The lowest BCUT2D eigenvalue weighted by atomic mass is 9.89. The summed E-state index contributed by atoms with van der Waals surface area (Å²) in [5.74, 6) is 0. The number of para-hydroxylation sites is 2. The molecule has 0 N–H and O–H groups in total. The van der Waals surface area contributed by atoms with Crippen LogP contribution in [-0.2, 0) is 0 Å². The minimum atomic E-state index is 0.611. The van der Waals surface area contributed by atoms with Crippen LogP contribution in [0.15, 0.2) is 103 Å². The summed E-state index contributed by atoms with van der Waals surface area (Å²) in [6, 6.07) is 30.2. The molecule has 3 heteroatoms. The van der Waals surface area contributed by atoms with E-state index in [0.717, 1.165) is 29.7 Å². The molecule has 1 aliphatic carbocycles. The zero-order valence-corrected chi connectivity index (χ0v) is 18.1. The van der Waals surface area contributed by atoms with Crippen molar-refractivity contribution in [1.29, 1.82) is 5.26 Å². The molecule has 0 saturated heterocycles. The van der Waals surface area contributed by atoms with Crippen LogP contribution in [0, 0.1) is 11.3 Å². The minimum Gasteiger partial charge on any atom is -0.309 e. The number of nitrogens with zero attached hydrogens (tertiary/aromatic N) is 3. The lowest BCUT2D eigenvalue weighted by molar-refractivity contribution is 1.05. The third-order valence-electron chi connectivity index (χ3n) is 6.42. The summed E-state index contributed by atoms with van der Waals surface area (Å²) >= 11 is 0. The summed E-state index contributed by atoms with van der Waals surface area (Å²) in [5, 5.41) is 12.0. The first-order valence-electron chi connectivity index (χ1n) is 11.2. The van der Waals surface area contributed by atoms with Crippen molar-refractivity contribution in [3.63, 3.8) is 0 Å². The van der Waals surface area contributed by atoms with Crippen molar-refractivity contribution in [2.24, 2.45) is 0 Å². The van der Waals surface area contributed by atoms with E-state index >= 15 is 0 Å². The van der Waals surface area contributed by atoms with Crippen molar-refractivity contribution in [2.75, 3.05) is 0 Å². The highest BCUT2D eigenvalue weighted by Gasteiger charge is 2.15. The van der Waals surface area contributed by atoms with E-state index in [1.54, 1.807) is 12.4 Å². The SMILES string of the molecule is N#Cc1cnccc1C1=CCCC(c2cccc(-n3c4ccccc4c4ccccc43)c2)=C1. The Morgan fingerprint density at radius 2 is 1.61 bits per heavy atom. The van der Waals surface area contributed by atoms with Crippen molar-refractivity contribution in [2.45, 2.75) is 12.8 Å². The van der Waals surface area contributed by atoms with E-state index in [9.17, 15) is 5.26 Å². The number of benzene rings is 3. The second-order valence-corrected chi connectivity index (χ2v) is 8.32. The normalized spacial score (nSPS) is 13.5. The Morgan fingerprint density at radius 1 is 0.848 bits per heavy atom. The molecule has 0 spiro atoms. The van der Waals surface area contributed by atoms with Crippen molar-refractivity contribution in [1.82, 2.24) is 9.55 Å². The van der Waals surface area contributed by atoms with Gasteiger partial charge in [0.05, 0.1) is 16.6 Å². The van der Waals surface area contributed by atoms with Gasteiger partial charge in [-0.15, -0.1) is 0 Å². The summed E-state index contributed by atoms with van der Waals surface area (Å²) in [6.45, 7) is 0. The Balaban J connectivity index is 1.48. The molecule has 1 aliphatic rings. The Kier molecular flexibility index (Phi) is 4.63. The van der Waals surface area contributed by atoms with Gasteiger partial charge in [-0.2, -0.15) is 5.26 Å². The molecule has 156 valence electrons. The van der Waals surface area contributed by atoms with Gasteiger partial charge in [0, 0.05) is 34.4 Å². The average molecular weight is 424 g/mol. The van der Waals surface area contributed by atoms with E-state index in [1.165, 1.54) is 32.9 Å². The van der Waals surface area contributed by atoms with Gasteiger partial charge in [0.15, 0.2) is 0 Å². The summed E-state index contributed by atoms with van der Waals surface area (Å²) < 4.78 is 2.35. The maximum atomic E-state index is 9.51. The van der Waals surface area contributed by atoms with Crippen LogP contribution in [0.3, 0.4) is 0 Å². The number of nitriles is 1. The first kappa shape index (κ1) is 19.3. The quantitative estimate of drug-likeness (QED) is 0.305. The fourth-order valence-electron chi connectivity index (χ4n) is 4.90. The molecule has 3 aromatic carbocycles. The highest BCUT2D eigenvalue weighted by molar-refractivity contribution is 6.09. The van der Waals surface area contributed by atoms with Gasteiger partial charge in [-0.25, -0.2) is 0 Å². The van der Waals surface area contributed by atoms with Gasteiger partial charge in [0.2, 0.25) is 0 Å². The largest absolute Gasteiger partial charge is 0.309 e. The molecule has 33 heavy (non-hydrogen) atoms. The first-order valence-corrected chi connectivity index (χ1v) is 11.2. The monoisotopic (exact) mass is 423 g/mol. The number of allylic oxidation sites excluding steroid dienone is 4. The maximum absolute atomic E-state index is 9.51. The third kappa shape index (κ3) is 3.24. The standard InChI is InChI=1S/C30H21N3/c31-19-24-20-32-16-15-26(24)23-9-5-7-21(17-23)22-8-6-10-25(18-22)33-29-13-3-1-11-27(29)28-12-2-4-14-30(28)33/h1-4,6,8-18,20H,5,7H2.